The molecule has 592 valence electrons. The molecule has 0 saturated carbocycles. The molecule has 0 saturated heterocycles. The van der Waals surface area contributed by atoms with E-state index < -0.39 is 38.8 Å². The molecule has 0 atom stereocenters. The minimum absolute atomic E-state index is 0. The van der Waals surface area contributed by atoms with Crippen molar-refractivity contribution in [1.29, 1.82) is 0 Å². The molecule has 0 aliphatic carbocycles. The number of alkyl halides is 1. The Hall–Kier alpha value is -6.19. The number of nitrogens with zero attached hydrogens (tertiary/aromatic N) is 2. The molecule has 0 aliphatic heterocycles. The number of carbonyl (C=O) groups excluding carboxylic acids is 3. The van der Waals surface area contributed by atoms with Crippen LogP contribution in [0.2, 0.25) is 10.0 Å². The van der Waals surface area contributed by atoms with Crippen LogP contribution in [-0.4, -0.2) is 154 Å². The van der Waals surface area contributed by atoms with Gasteiger partial charge in [-0.05, 0) is 151 Å². The van der Waals surface area contributed by atoms with Gasteiger partial charge < -0.3 is 19.7 Å². The Bertz CT molecular complexity index is 4590. The van der Waals surface area contributed by atoms with Crippen molar-refractivity contribution in [2.45, 2.75) is 25.6 Å². The van der Waals surface area contributed by atoms with Gasteiger partial charge in [-0.3, -0.25) is 9.59 Å². The summed E-state index contributed by atoms with van der Waals surface area (Å²) in [5, 5.41) is 44.1. The summed E-state index contributed by atoms with van der Waals surface area (Å²) in [5.41, 5.74) is 3.44. The number of hydrogen-bond donors (Lipinski definition) is 3. The van der Waals surface area contributed by atoms with Crippen molar-refractivity contribution in [3.63, 3.8) is 0 Å². The normalized spacial score (nSPS) is 9.95. The number of carbonyl (C=O) groups is 2. The predicted molar refractivity (Wildman–Crippen MR) is 514 cm³/mol. The van der Waals surface area contributed by atoms with E-state index in [4.69, 9.17) is 43.3 Å². The van der Waals surface area contributed by atoms with E-state index in [2.05, 4.69) is 395 Å². The van der Waals surface area contributed by atoms with Gasteiger partial charge >= 0.3 is 7.12 Å². The molecule has 0 fully saturated rings. The second kappa shape index (κ2) is 58.8. The van der Waals surface area contributed by atoms with E-state index in [0.29, 0.717) is 20.5 Å². The first-order valence-electron chi connectivity index (χ1n) is 36.6. The van der Waals surface area contributed by atoms with Crippen LogP contribution in [0.25, 0.3) is 0 Å². The monoisotopic (exact) mass is 1920 g/mol. The number of benzene rings is 14. The number of thiazole rings is 2. The molecule has 0 unspecified atom stereocenters. The van der Waals surface area contributed by atoms with Gasteiger partial charge in [-0.25, -0.2) is 15.2 Å². The van der Waals surface area contributed by atoms with Gasteiger partial charge in [0.1, 0.15) is 0 Å². The molecular weight excluding hydrogens is 1840 g/mol. The number of aryl methyl sites for hydroxylation is 2. The predicted octanol–water partition coefficient (Wildman–Crippen LogP) is 18.2. The summed E-state index contributed by atoms with van der Waals surface area (Å²) in [7, 11) is -3.22. The molecule has 2 aromatic heterocycles. The van der Waals surface area contributed by atoms with Crippen LogP contribution in [0.3, 0.4) is 0 Å². The third-order valence-electron chi connectivity index (χ3n) is 16.8. The van der Waals surface area contributed by atoms with Crippen molar-refractivity contribution in [2.75, 3.05) is 0 Å². The van der Waals surface area contributed by atoms with E-state index in [1.807, 2.05) is 38.1 Å². The van der Waals surface area contributed by atoms with Gasteiger partial charge in [0.25, 0.3) is 0 Å². The van der Waals surface area contributed by atoms with E-state index in [0.717, 1.165) is 62.5 Å². The molecule has 14 aromatic carbocycles. The van der Waals surface area contributed by atoms with Gasteiger partial charge in [-0.15, -0.1) is 22.7 Å². The smallest absolute Gasteiger partial charge is 0.488 e. The first-order valence-corrected chi connectivity index (χ1v) is 45.5. The fourth-order valence-electron chi connectivity index (χ4n) is 11.5. The van der Waals surface area contributed by atoms with Gasteiger partial charge in [-0.2, -0.15) is 0 Å². The first kappa shape index (κ1) is 102. The average Bonchev–Trinajstić information content (AvgIpc) is 1.74. The van der Waals surface area contributed by atoms with Crippen LogP contribution in [0.5, 0.6) is 0 Å². The Morgan fingerprint density at radius 3 is 0.739 bits per heavy atom. The molecule has 22 heteroatoms. The van der Waals surface area contributed by atoms with Crippen molar-refractivity contribution in [1.82, 2.24) is 9.97 Å². The van der Waals surface area contributed by atoms with Crippen molar-refractivity contribution >= 4 is 292 Å². The van der Waals surface area contributed by atoms with Crippen molar-refractivity contribution < 1.29 is 55.0 Å². The Labute approximate surface area is 830 Å². The zero-order valence-corrected chi connectivity index (χ0v) is 81.9. The van der Waals surface area contributed by atoms with Crippen molar-refractivity contribution in [3.8, 4) is 0 Å². The summed E-state index contributed by atoms with van der Waals surface area (Å²) in [6.07, 6.45) is 2.29. The Morgan fingerprint density at radius 1 is 0.361 bits per heavy atom. The molecule has 16 aromatic rings. The number of halogens is 3. The van der Waals surface area contributed by atoms with Gasteiger partial charge in [-0.1, -0.05) is 427 Å². The first-order chi connectivity index (χ1) is 56.9. The van der Waals surface area contributed by atoms with Gasteiger partial charge in [0, 0.05) is 155 Å². The van der Waals surface area contributed by atoms with Crippen molar-refractivity contribution in [2.24, 2.45) is 0 Å². The van der Waals surface area contributed by atoms with Crippen LogP contribution >= 0.6 is 93.5 Å². The van der Waals surface area contributed by atoms with E-state index in [1.54, 1.807) is 18.2 Å². The zero-order chi connectivity index (χ0) is 81.7. The SMILES string of the molecule is Cc1sc(C=O)nc1CBr.Cc1sc(C=O)nc1Cc1cccc(Cl)c1.O=[C-]OO.OB(O)c1cccc(Cl)c1.[K].[K].[Pd].c1ccc(P(c2ccccc2)c2ccccc2)cc1.c1ccc(P(c2ccccc2)c2ccccc2)cc1.c1ccc(P(c2ccccc2)c2ccccc2)cc1.c1ccc(P(c2ccccc2)c2ccccc2)cc1. The molecule has 16 rings (SSSR count). The third kappa shape index (κ3) is 34.8. The second-order valence-corrected chi connectivity index (χ2v) is 37.5. The van der Waals surface area contributed by atoms with Crippen LogP contribution in [0, 0.1) is 13.8 Å². The average molecular weight is 1920 g/mol. The van der Waals surface area contributed by atoms with Crippen LogP contribution < -0.4 is 69.1 Å². The summed E-state index contributed by atoms with van der Waals surface area (Å²) in [6.45, 7) is 4.67. The Balaban J connectivity index is 0.000000215. The van der Waals surface area contributed by atoms with Crippen LogP contribution in [0.4, 0.5) is 0 Å². The number of hydrogen-bond acceptors (Lipinski definition) is 11. The fraction of sp³-hybridized carbons (Fsp3) is 0.0412. The summed E-state index contributed by atoms with van der Waals surface area (Å²) in [5.74, 6) is 0. The molecule has 0 spiro atoms. The van der Waals surface area contributed by atoms with Gasteiger partial charge in [0.2, 0.25) is 0 Å². The maximum Gasteiger partial charge on any atom is 0.488 e. The molecular formula is C97H83BBrCl2K2N2O7P4PdS2-. The number of aromatic nitrogens is 2. The molecule has 9 nitrogen and oxygen atoms in total. The summed E-state index contributed by atoms with van der Waals surface area (Å²) < 4.78 is 0. The van der Waals surface area contributed by atoms with E-state index in [1.165, 1.54) is 92.4 Å². The van der Waals surface area contributed by atoms with Gasteiger partial charge in [0.05, 0.1) is 11.4 Å². The molecule has 119 heavy (non-hydrogen) atoms. The summed E-state index contributed by atoms with van der Waals surface area (Å²) in [4.78, 5) is 42.6. The Morgan fingerprint density at radius 2 is 0.571 bits per heavy atom. The maximum absolute atomic E-state index is 10.6. The maximum atomic E-state index is 10.6. The largest absolute Gasteiger partial charge is 0.509 e. The molecule has 2 radical (unpaired) electrons. The summed E-state index contributed by atoms with van der Waals surface area (Å²) >= 11 is 17.6. The molecule has 3 N–H and O–H groups in total. The van der Waals surface area contributed by atoms with Crippen molar-refractivity contribution in [3.05, 3.63) is 459 Å². The number of rotatable bonds is 19. The van der Waals surface area contributed by atoms with Crippen LogP contribution in [0.1, 0.15) is 46.3 Å². The van der Waals surface area contributed by atoms with E-state index in [9.17, 15) is 9.59 Å². The molecule has 2 heterocycles. The molecule has 0 bridgehead atoms. The van der Waals surface area contributed by atoms with E-state index >= 15 is 0 Å². The summed E-state index contributed by atoms with van der Waals surface area (Å²) in [6, 6.07) is 143. The van der Waals surface area contributed by atoms with Crippen LogP contribution in [-0.2, 0) is 41.9 Å². The van der Waals surface area contributed by atoms with E-state index in [-0.39, 0.29) is 123 Å². The minimum atomic E-state index is -1.43. The Kier molecular flexibility index (Phi) is 50.2. The van der Waals surface area contributed by atoms with Crippen LogP contribution in [0.15, 0.2) is 413 Å². The van der Waals surface area contributed by atoms with Gasteiger partial charge in [0.15, 0.2) is 22.6 Å². The second-order valence-electron chi connectivity index (χ2n) is 24.8. The fourth-order valence-corrected chi connectivity index (χ4v) is 23.4. The zero-order valence-electron chi connectivity index (χ0n) is 65.8. The molecule has 0 amide bonds. The topological polar surface area (TPSA) is 147 Å². The quantitative estimate of drug-likeness (QED) is 0.0137. The minimum Gasteiger partial charge on any atom is -0.509 e. The third-order valence-corrected chi connectivity index (χ3v) is 29.4. The number of aldehydes is 2. The standard InChI is InChI=1S/4C18H15P.C12H10ClNOS.C6H6BClO2.C6H6BrNOS.CHO3.2K.Pd/c4*1-4-10-16(11-5-1)19(17-12-6-2-7-13-17)18-14-8-3-9-15-18;1-8-11(14-12(7-15)16-8)6-9-3-2-4-10(13)5-9;8-6-3-1-2-5(4-6)7(9)10;1-4-5(2-7)8-6(3-9)10-4;2-1-4-3;;;/h4*1-15H;2-5,7H,6H2,1H3;1-4,9-10H;3H,2H2,1H3;3H;;;/q;;;;;;;-1;;;. The molecule has 0 aliphatic rings.